The number of rotatable bonds is 11. The first kappa shape index (κ1) is 28.8. The van der Waals surface area contributed by atoms with E-state index < -0.39 is 23.7 Å². The Balaban J connectivity index is 1.78. The van der Waals surface area contributed by atoms with E-state index in [-0.39, 0.29) is 41.7 Å². The molecule has 0 aliphatic carbocycles. The van der Waals surface area contributed by atoms with Gasteiger partial charge in [0.15, 0.2) is 0 Å². The number of nitrogens with one attached hydrogen (secondary N) is 2. The van der Waals surface area contributed by atoms with Gasteiger partial charge in [0.1, 0.15) is 23.6 Å². The highest BCUT2D eigenvalue weighted by Crippen LogP contribution is 2.32. The van der Waals surface area contributed by atoms with Gasteiger partial charge in [-0.2, -0.15) is 0 Å². The van der Waals surface area contributed by atoms with Gasteiger partial charge >= 0.3 is 0 Å². The summed E-state index contributed by atoms with van der Waals surface area (Å²) in [5.41, 5.74) is -0.650. The molecule has 0 saturated carbocycles. The summed E-state index contributed by atoms with van der Waals surface area (Å²) < 4.78 is 16.0. The van der Waals surface area contributed by atoms with Gasteiger partial charge in [0.05, 0.1) is 32.0 Å². The normalized spacial score (nSPS) is 32.0. The average molecular weight is 493 g/mol. The lowest BCUT2D eigenvalue weighted by Crippen LogP contribution is -2.50. The molecule has 2 heterocycles. The molecule has 0 bridgehead atoms. The van der Waals surface area contributed by atoms with E-state index in [9.17, 15) is 20.1 Å². The number of aliphatic hydroxyl groups is 3. The van der Waals surface area contributed by atoms with Gasteiger partial charge < -0.3 is 34.8 Å². The average Bonchev–Trinajstić information content (AvgIpc) is 3.57. The molecule has 1 unspecified atom stereocenters. The van der Waals surface area contributed by atoms with Crippen molar-refractivity contribution in [2.24, 2.45) is 11.8 Å². The molecule has 2 rings (SSSR count). The van der Waals surface area contributed by atoms with E-state index in [1.807, 2.05) is 19.1 Å². The predicted molar refractivity (Wildman–Crippen MR) is 133 cm³/mol. The minimum atomic E-state index is -0.989. The molecule has 2 aliphatic rings. The van der Waals surface area contributed by atoms with Crippen LogP contribution in [0.2, 0.25) is 0 Å². The minimum absolute atomic E-state index is 0.00541. The van der Waals surface area contributed by atoms with Gasteiger partial charge in [-0.1, -0.05) is 44.2 Å². The van der Waals surface area contributed by atoms with Crippen LogP contribution in [0.1, 0.15) is 40.5 Å². The number of allylic oxidation sites excluding steroid dienone is 3. The molecule has 196 valence electrons. The summed E-state index contributed by atoms with van der Waals surface area (Å²) in [6.07, 6.45) is 10.5. The second-order valence-corrected chi connectivity index (χ2v) is 9.58. The van der Waals surface area contributed by atoms with Gasteiger partial charge in [-0.3, -0.25) is 10.2 Å². The van der Waals surface area contributed by atoms with Crippen LogP contribution in [-0.4, -0.2) is 76.9 Å². The molecule has 35 heavy (non-hydrogen) atoms. The molecule has 8 atom stereocenters. The number of amides is 1. The third kappa shape index (κ3) is 8.92. The first-order chi connectivity index (χ1) is 16.5. The van der Waals surface area contributed by atoms with Crippen LogP contribution in [0.5, 0.6) is 0 Å². The summed E-state index contributed by atoms with van der Waals surface area (Å²) in [5, 5.41) is 40.4. The van der Waals surface area contributed by atoms with Crippen LogP contribution in [0.3, 0.4) is 0 Å². The Morgan fingerprint density at radius 1 is 1.29 bits per heavy atom. The molecule has 9 heteroatoms. The highest BCUT2D eigenvalue weighted by Gasteiger charge is 2.48. The van der Waals surface area contributed by atoms with E-state index in [1.165, 1.54) is 19.3 Å². The zero-order valence-corrected chi connectivity index (χ0v) is 21.2. The third-order valence-electron chi connectivity index (χ3n) is 6.52. The van der Waals surface area contributed by atoms with Crippen molar-refractivity contribution in [3.05, 3.63) is 48.3 Å². The van der Waals surface area contributed by atoms with Crippen molar-refractivity contribution in [1.29, 1.82) is 5.41 Å². The van der Waals surface area contributed by atoms with Crippen molar-refractivity contribution in [2.75, 3.05) is 13.7 Å². The number of carbonyl (C=O) groups excluding carboxylic acids is 1. The molecule has 2 aliphatic heterocycles. The maximum atomic E-state index is 12.4. The molecule has 0 aromatic carbocycles. The lowest BCUT2D eigenvalue weighted by Gasteiger charge is -2.39. The number of hydrogen-bond acceptors (Lipinski definition) is 8. The van der Waals surface area contributed by atoms with Crippen LogP contribution in [0.25, 0.3) is 0 Å². The van der Waals surface area contributed by atoms with Crippen LogP contribution >= 0.6 is 0 Å². The Hall–Kier alpha value is -2.46. The summed E-state index contributed by atoms with van der Waals surface area (Å²) in [4.78, 5) is 12.4. The van der Waals surface area contributed by atoms with Crippen molar-refractivity contribution < 1.29 is 34.3 Å². The number of epoxide rings is 1. The number of carbonyl (C=O) groups is 1. The number of methoxy groups -OCH3 is 1. The number of aliphatic hydroxyl groups excluding tert-OH is 3. The Morgan fingerprint density at radius 2 is 1.97 bits per heavy atom. The molecular weight excluding hydrogens is 452 g/mol. The topological polar surface area (TPSA) is 145 Å². The van der Waals surface area contributed by atoms with E-state index in [2.05, 4.69) is 12.2 Å². The molecule has 0 spiro atoms. The van der Waals surface area contributed by atoms with Gasteiger partial charge in [0.2, 0.25) is 11.8 Å². The highest BCUT2D eigenvalue weighted by atomic mass is 16.6. The molecule has 0 radical (unpaired) electrons. The molecule has 2 fully saturated rings. The predicted octanol–water partition coefficient (Wildman–Crippen LogP) is 2.56. The summed E-state index contributed by atoms with van der Waals surface area (Å²) in [6.45, 7) is 7.94. The first-order valence-electron chi connectivity index (χ1n) is 12.0. The molecule has 0 aromatic rings. The molecule has 9 nitrogen and oxygen atoms in total. The fourth-order valence-electron chi connectivity index (χ4n) is 3.82. The quantitative estimate of drug-likeness (QED) is 0.0744. The SMILES string of the molecule is COC(=N)/C=C(\O)C(C)/C=C\C(=O)N[C@@H]1C[C@H](C)[C@H](C/C=C/C=C/[C@@H](O)[C@@H](O)[C@@]2(C)CO2)O[C@@H]1C. The summed E-state index contributed by atoms with van der Waals surface area (Å²) in [7, 11) is 1.34. The zero-order chi connectivity index (χ0) is 26.2. The van der Waals surface area contributed by atoms with Crippen molar-refractivity contribution in [2.45, 2.75) is 76.6 Å². The lowest BCUT2D eigenvalue weighted by atomic mass is 9.88. The van der Waals surface area contributed by atoms with E-state index in [0.717, 1.165) is 6.42 Å². The van der Waals surface area contributed by atoms with E-state index in [1.54, 1.807) is 32.1 Å². The molecule has 5 N–H and O–H groups in total. The first-order valence-corrected chi connectivity index (χ1v) is 12.0. The summed E-state index contributed by atoms with van der Waals surface area (Å²) >= 11 is 0. The van der Waals surface area contributed by atoms with Gasteiger partial charge in [0, 0.05) is 12.0 Å². The van der Waals surface area contributed by atoms with Gasteiger partial charge in [-0.25, -0.2) is 0 Å². The van der Waals surface area contributed by atoms with E-state index in [4.69, 9.17) is 19.6 Å². The molecule has 2 saturated heterocycles. The minimum Gasteiger partial charge on any atom is -0.512 e. The van der Waals surface area contributed by atoms with Crippen LogP contribution in [-0.2, 0) is 19.0 Å². The number of ether oxygens (including phenoxy) is 3. The van der Waals surface area contributed by atoms with Crippen molar-refractivity contribution in [1.82, 2.24) is 5.32 Å². The number of hydrogen-bond donors (Lipinski definition) is 5. The second kappa shape index (κ2) is 13.0. The van der Waals surface area contributed by atoms with Crippen molar-refractivity contribution in [3.8, 4) is 0 Å². The Bertz CT molecular complexity index is 847. The van der Waals surface area contributed by atoms with Crippen LogP contribution < -0.4 is 5.32 Å². The standard InChI is InChI=1S/C26H40N2O7/c1-16(21(30)14-23(27)33-5)11-12-24(31)28-19-13-17(2)22(35-18(19)3)10-8-6-7-9-20(29)25(32)26(4)15-34-26/h6-9,11-12,14,16-20,22,25,27,29-30,32H,10,13,15H2,1-5H3,(H,28,31)/b8-6+,9-7+,12-11-,21-14-,27-23?/t16?,17-,18+,19+,20+,22-,25+,26+/m0/s1. The third-order valence-corrected chi connectivity index (χ3v) is 6.52. The zero-order valence-electron chi connectivity index (χ0n) is 21.2. The van der Waals surface area contributed by atoms with Gasteiger partial charge in [-0.05, 0) is 38.7 Å². The fraction of sp³-hybridized carbons (Fsp3) is 0.615. The molecular formula is C26H40N2O7. The lowest BCUT2D eigenvalue weighted by molar-refractivity contribution is -0.123. The van der Waals surface area contributed by atoms with Crippen molar-refractivity contribution in [3.63, 3.8) is 0 Å². The largest absolute Gasteiger partial charge is 0.512 e. The van der Waals surface area contributed by atoms with E-state index >= 15 is 0 Å². The second-order valence-electron chi connectivity index (χ2n) is 9.58. The highest BCUT2D eigenvalue weighted by molar-refractivity contribution is 5.88. The Kier molecular flexibility index (Phi) is 10.7. The fourth-order valence-corrected chi connectivity index (χ4v) is 3.82. The van der Waals surface area contributed by atoms with Crippen molar-refractivity contribution >= 4 is 11.8 Å². The van der Waals surface area contributed by atoms with Crippen LogP contribution in [0, 0.1) is 17.2 Å². The van der Waals surface area contributed by atoms with E-state index in [0.29, 0.717) is 13.0 Å². The van der Waals surface area contributed by atoms with Crippen LogP contribution in [0.15, 0.2) is 48.3 Å². The molecule has 1 amide bonds. The maximum absolute atomic E-state index is 12.4. The van der Waals surface area contributed by atoms with Gasteiger partial charge in [0.25, 0.3) is 0 Å². The summed E-state index contributed by atoms with van der Waals surface area (Å²) in [6, 6.07) is -0.133. The maximum Gasteiger partial charge on any atom is 0.243 e. The molecule has 0 aromatic heterocycles. The Morgan fingerprint density at radius 3 is 2.60 bits per heavy atom. The van der Waals surface area contributed by atoms with Gasteiger partial charge in [-0.15, -0.1) is 0 Å². The smallest absolute Gasteiger partial charge is 0.243 e. The van der Waals surface area contributed by atoms with Crippen LogP contribution in [0.4, 0.5) is 0 Å². The summed E-state index contributed by atoms with van der Waals surface area (Å²) in [5.74, 6) is -0.709. The Labute approximate surface area is 207 Å². The monoisotopic (exact) mass is 492 g/mol.